The number of piperidine rings is 1. The summed E-state index contributed by atoms with van der Waals surface area (Å²) in [5, 5.41) is 3.49. The lowest BCUT2D eigenvalue weighted by Gasteiger charge is -2.29. The standard InChI is InChI=1S/C16H22N2O4S.ClH/c1-10-3-6-14(9-15(10)16(19)22-2)23(20,21)18-13-7-11-4-5-12(8-13)17-11;/h3,6,9,11-13,17-18H,4-5,7-8H2,1-2H3;1H. The molecule has 2 fully saturated rings. The van der Waals surface area contributed by atoms with Crippen molar-refractivity contribution >= 4 is 28.4 Å². The summed E-state index contributed by atoms with van der Waals surface area (Å²) < 4.78 is 32.8. The molecule has 2 bridgehead atoms. The molecule has 2 aliphatic heterocycles. The van der Waals surface area contributed by atoms with E-state index in [-0.39, 0.29) is 28.9 Å². The molecule has 3 rings (SSSR count). The molecule has 0 radical (unpaired) electrons. The normalized spacial score (nSPS) is 25.8. The molecule has 134 valence electrons. The molecular formula is C16H23ClN2O4S. The van der Waals surface area contributed by atoms with E-state index in [1.807, 2.05) is 0 Å². The number of esters is 1. The maximum absolute atomic E-state index is 12.6. The van der Waals surface area contributed by atoms with Gasteiger partial charge in [0.15, 0.2) is 0 Å². The summed E-state index contributed by atoms with van der Waals surface area (Å²) in [6, 6.07) is 5.31. The summed E-state index contributed by atoms with van der Waals surface area (Å²) in [4.78, 5) is 11.9. The van der Waals surface area contributed by atoms with Crippen LogP contribution < -0.4 is 10.0 Å². The van der Waals surface area contributed by atoms with E-state index in [9.17, 15) is 13.2 Å². The SMILES string of the molecule is COC(=O)c1cc(S(=O)(=O)NC2CC3CCC(C2)N3)ccc1C.Cl. The Morgan fingerprint density at radius 3 is 2.46 bits per heavy atom. The zero-order valence-electron chi connectivity index (χ0n) is 13.7. The van der Waals surface area contributed by atoms with Crippen LogP contribution in [0.2, 0.25) is 0 Å². The quantitative estimate of drug-likeness (QED) is 0.784. The number of hydrogen-bond donors (Lipinski definition) is 2. The third-order valence-corrected chi connectivity index (χ3v) is 6.24. The van der Waals surface area contributed by atoms with E-state index >= 15 is 0 Å². The van der Waals surface area contributed by atoms with E-state index in [4.69, 9.17) is 4.74 Å². The Morgan fingerprint density at radius 2 is 1.88 bits per heavy atom. The number of carbonyl (C=O) groups is 1. The molecule has 6 nitrogen and oxygen atoms in total. The van der Waals surface area contributed by atoms with Gasteiger partial charge >= 0.3 is 5.97 Å². The first-order valence-corrected chi connectivity index (χ1v) is 9.34. The number of aryl methyl sites for hydroxylation is 1. The highest BCUT2D eigenvalue weighted by Crippen LogP contribution is 2.28. The Labute approximate surface area is 148 Å². The maximum Gasteiger partial charge on any atom is 0.338 e. The molecule has 0 amide bonds. The van der Waals surface area contributed by atoms with Crippen LogP contribution in [0.4, 0.5) is 0 Å². The van der Waals surface area contributed by atoms with E-state index in [2.05, 4.69) is 10.0 Å². The van der Waals surface area contributed by atoms with Gasteiger partial charge in [0, 0.05) is 18.1 Å². The van der Waals surface area contributed by atoms with E-state index in [0.717, 1.165) is 25.7 Å². The number of carbonyl (C=O) groups excluding carboxylic acids is 1. The van der Waals surface area contributed by atoms with E-state index in [0.29, 0.717) is 17.6 Å². The molecule has 2 unspecified atom stereocenters. The highest BCUT2D eigenvalue weighted by atomic mass is 35.5. The first-order chi connectivity index (χ1) is 10.9. The van der Waals surface area contributed by atoms with Gasteiger partial charge in [0.25, 0.3) is 0 Å². The Hall–Kier alpha value is -1.15. The fourth-order valence-electron chi connectivity index (χ4n) is 3.54. The van der Waals surface area contributed by atoms with Crippen molar-refractivity contribution in [1.29, 1.82) is 0 Å². The summed E-state index contributed by atoms with van der Waals surface area (Å²) in [5.74, 6) is -0.528. The summed E-state index contributed by atoms with van der Waals surface area (Å²) in [6.45, 7) is 1.75. The summed E-state index contributed by atoms with van der Waals surface area (Å²) >= 11 is 0. The van der Waals surface area contributed by atoms with Crippen molar-refractivity contribution in [3.63, 3.8) is 0 Å². The molecule has 8 heteroatoms. The monoisotopic (exact) mass is 374 g/mol. The minimum atomic E-state index is -3.65. The van der Waals surface area contributed by atoms with Crippen LogP contribution in [0.3, 0.4) is 0 Å². The largest absolute Gasteiger partial charge is 0.465 e. The average Bonchev–Trinajstić information content (AvgIpc) is 2.85. The first-order valence-electron chi connectivity index (χ1n) is 7.86. The summed E-state index contributed by atoms with van der Waals surface area (Å²) in [5.41, 5.74) is 0.969. The molecule has 2 atom stereocenters. The van der Waals surface area contributed by atoms with Gasteiger partial charge in [-0.2, -0.15) is 0 Å². The smallest absolute Gasteiger partial charge is 0.338 e. The van der Waals surface area contributed by atoms with Crippen LogP contribution in [-0.4, -0.2) is 39.6 Å². The van der Waals surface area contributed by atoms with Crippen LogP contribution in [0, 0.1) is 6.92 Å². The van der Waals surface area contributed by atoms with Crippen molar-refractivity contribution in [2.45, 2.75) is 55.6 Å². The van der Waals surface area contributed by atoms with Crippen molar-refractivity contribution in [2.75, 3.05) is 7.11 Å². The van der Waals surface area contributed by atoms with Gasteiger partial charge in [-0.1, -0.05) is 6.07 Å². The van der Waals surface area contributed by atoms with Crippen molar-refractivity contribution in [2.24, 2.45) is 0 Å². The molecule has 0 aromatic heterocycles. The number of methoxy groups -OCH3 is 1. The predicted octanol–water partition coefficient (Wildman–Crippen LogP) is 1.76. The maximum atomic E-state index is 12.6. The topological polar surface area (TPSA) is 84.5 Å². The molecule has 0 aliphatic carbocycles. The molecule has 2 aliphatic rings. The number of halogens is 1. The van der Waals surface area contributed by atoms with Crippen molar-refractivity contribution < 1.29 is 17.9 Å². The van der Waals surface area contributed by atoms with Gasteiger partial charge in [-0.3, -0.25) is 0 Å². The zero-order chi connectivity index (χ0) is 16.6. The van der Waals surface area contributed by atoms with E-state index in [1.54, 1.807) is 13.0 Å². The van der Waals surface area contributed by atoms with Gasteiger partial charge in [0.05, 0.1) is 17.6 Å². The van der Waals surface area contributed by atoms with Crippen molar-refractivity contribution in [3.8, 4) is 0 Å². The lowest BCUT2D eigenvalue weighted by Crippen LogP contribution is -2.47. The molecule has 2 heterocycles. The molecule has 2 saturated heterocycles. The highest BCUT2D eigenvalue weighted by Gasteiger charge is 2.35. The van der Waals surface area contributed by atoms with E-state index < -0.39 is 16.0 Å². The number of fused-ring (bicyclic) bond motifs is 2. The van der Waals surface area contributed by atoms with Crippen molar-refractivity contribution in [3.05, 3.63) is 29.3 Å². The minimum absolute atomic E-state index is 0. The number of hydrogen-bond acceptors (Lipinski definition) is 5. The second-order valence-electron chi connectivity index (χ2n) is 6.40. The van der Waals surface area contributed by atoms with Crippen LogP contribution in [0.5, 0.6) is 0 Å². The average molecular weight is 375 g/mol. The van der Waals surface area contributed by atoms with Crippen LogP contribution in [0.25, 0.3) is 0 Å². The Balaban J connectivity index is 0.00000208. The molecule has 1 aromatic carbocycles. The Kier molecular flexibility index (Phi) is 5.91. The van der Waals surface area contributed by atoms with Crippen LogP contribution in [0.15, 0.2) is 23.1 Å². The summed E-state index contributed by atoms with van der Waals surface area (Å²) in [6.07, 6.45) is 3.84. The van der Waals surface area contributed by atoms with Crippen molar-refractivity contribution in [1.82, 2.24) is 10.0 Å². The first kappa shape index (κ1) is 19.2. The molecule has 0 saturated carbocycles. The zero-order valence-corrected chi connectivity index (χ0v) is 15.4. The molecule has 24 heavy (non-hydrogen) atoms. The molecule has 0 spiro atoms. The highest BCUT2D eigenvalue weighted by molar-refractivity contribution is 7.89. The predicted molar refractivity (Wildman–Crippen MR) is 93.1 cm³/mol. The number of ether oxygens (including phenoxy) is 1. The van der Waals surface area contributed by atoms with Crippen LogP contribution in [0.1, 0.15) is 41.6 Å². The van der Waals surface area contributed by atoms with Gasteiger partial charge in [-0.15, -0.1) is 12.4 Å². The Morgan fingerprint density at radius 1 is 1.25 bits per heavy atom. The minimum Gasteiger partial charge on any atom is -0.465 e. The van der Waals surface area contributed by atoms with Gasteiger partial charge in [-0.05, 0) is 50.3 Å². The third-order valence-electron chi connectivity index (χ3n) is 4.72. The number of rotatable bonds is 4. The third kappa shape index (κ3) is 3.91. The fraction of sp³-hybridized carbons (Fsp3) is 0.562. The number of sulfonamides is 1. The second kappa shape index (κ2) is 7.39. The lowest BCUT2D eigenvalue weighted by molar-refractivity contribution is 0.0599. The van der Waals surface area contributed by atoms with Gasteiger partial charge in [0.1, 0.15) is 0 Å². The van der Waals surface area contributed by atoms with Crippen LogP contribution in [-0.2, 0) is 14.8 Å². The number of nitrogens with one attached hydrogen (secondary N) is 2. The summed E-state index contributed by atoms with van der Waals surface area (Å²) in [7, 11) is -2.36. The second-order valence-corrected chi connectivity index (χ2v) is 8.11. The Bertz CT molecular complexity index is 711. The molecule has 2 N–H and O–H groups in total. The van der Waals surface area contributed by atoms with Gasteiger partial charge < -0.3 is 10.1 Å². The van der Waals surface area contributed by atoms with E-state index in [1.165, 1.54) is 19.2 Å². The number of benzene rings is 1. The van der Waals surface area contributed by atoms with Gasteiger partial charge in [0.2, 0.25) is 10.0 Å². The van der Waals surface area contributed by atoms with Crippen LogP contribution >= 0.6 is 12.4 Å². The lowest BCUT2D eigenvalue weighted by atomic mass is 10.0. The van der Waals surface area contributed by atoms with Gasteiger partial charge in [-0.25, -0.2) is 17.9 Å². The fourth-order valence-corrected chi connectivity index (χ4v) is 4.83. The molecular weight excluding hydrogens is 352 g/mol. The molecule has 1 aromatic rings.